The van der Waals surface area contributed by atoms with E-state index >= 15 is 0 Å². The second kappa shape index (κ2) is 22.4. The average molecular weight is 1230 g/mol. The molecule has 0 radical (unpaired) electrons. The van der Waals surface area contributed by atoms with Gasteiger partial charge in [-0.2, -0.15) is 26.3 Å². The van der Waals surface area contributed by atoms with Gasteiger partial charge >= 0.3 is 0 Å². The maximum Gasteiger partial charge on any atom is 0.205 e. The molecule has 0 saturated heterocycles. The first-order valence-electron chi connectivity index (χ1n) is 31.6. The Morgan fingerprint density at radius 2 is 0.611 bits per heavy atom. The molecule has 95 heavy (non-hydrogen) atoms. The molecule has 0 aliphatic carbocycles. The Bertz CT molecular complexity index is 6040. The molecule has 0 amide bonds. The van der Waals surface area contributed by atoms with Crippen molar-refractivity contribution < 1.29 is 23.4 Å². The zero-order valence-electron chi connectivity index (χ0n) is 53.0. The summed E-state index contributed by atoms with van der Waals surface area (Å²) in [4.78, 5) is 0. The van der Waals surface area contributed by atoms with Crippen LogP contribution in [0.5, 0.6) is 0 Å². The Balaban J connectivity index is 0.0000000937. The van der Waals surface area contributed by atoms with Crippen molar-refractivity contribution in [3.05, 3.63) is 296 Å². The van der Waals surface area contributed by atoms with E-state index < -0.39 is 0 Å². The number of hydrogen-bond donors (Lipinski definition) is 0. The van der Waals surface area contributed by atoms with E-state index in [4.69, 9.17) is 5.26 Å². The van der Waals surface area contributed by atoms with E-state index in [-0.39, 0.29) is 0 Å². The number of nitrogens with zero attached hydrogens (tertiary/aromatic N) is 15. The third kappa shape index (κ3) is 9.23. The third-order valence-corrected chi connectivity index (χ3v) is 19.1. The van der Waals surface area contributed by atoms with Crippen molar-refractivity contribution in [2.45, 2.75) is 67.3 Å². The van der Waals surface area contributed by atoms with E-state index in [1.54, 1.807) is 0 Å². The molecule has 0 fully saturated rings. The Morgan fingerprint density at radius 3 is 1.09 bits per heavy atom. The minimum atomic E-state index is 0.736. The van der Waals surface area contributed by atoms with E-state index in [1.165, 1.54) is 84.1 Å². The van der Waals surface area contributed by atoms with Crippen LogP contribution in [0, 0.1) is 91.3 Å². The van der Waals surface area contributed by atoms with Crippen LogP contribution in [0.15, 0.2) is 213 Å². The van der Waals surface area contributed by atoms with Crippen LogP contribution in [-0.2, 0) is 32.7 Å². The highest BCUT2D eigenvalue weighted by Gasteiger charge is 2.34. The summed E-state index contributed by atoms with van der Waals surface area (Å²) < 4.78 is 21.9. The van der Waals surface area contributed by atoms with Crippen LogP contribution < -0.4 is 23.4 Å². The lowest BCUT2D eigenvalue weighted by atomic mass is 10.0. The van der Waals surface area contributed by atoms with Crippen molar-refractivity contribution in [1.29, 1.82) is 26.3 Å². The Morgan fingerprint density at radius 1 is 0.274 bits per heavy atom. The van der Waals surface area contributed by atoms with Crippen LogP contribution in [0.1, 0.15) is 83.5 Å². The van der Waals surface area contributed by atoms with Crippen molar-refractivity contribution >= 4 is 54.5 Å². The van der Waals surface area contributed by atoms with Gasteiger partial charge in [0.1, 0.15) is 86.4 Å². The van der Waals surface area contributed by atoms with Gasteiger partial charge in [-0.25, -0.2) is 0 Å². The van der Waals surface area contributed by atoms with Gasteiger partial charge < -0.3 is 0 Å². The molecule has 0 N–H and O–H groups in total. The van der Waals surface area contributed by atoms with Gasteiger partial charge in [-0.1, -0.05) is 90.5 Å². The summed E-state index contributed by atoms with van der Waals surface area (Å²) in [5.74, 6) is 0. The van der Waals surface area contributed by atoms with E-state index in [0.717, 1.165) is 115 Å². The molecule has 5 aliphatic heterocycles. The van der Waals surface area contributed by atoms with E-state index in [0.29, 0.717) is 0 Å². The summed E-state index contributed by atoms with van der Waals surface area (Å²) in [6.07, 6.45) is 10.4. The summed E-state index contributed by atoms with van der Waals surface area (Å²) in [5.41, 5.74) is 28.4. The zero-order valence-corrected chi connectivity index (χ0v) is 53.0. The largest absolute Gasteiger partial charge is 0.205 e. The summed E-state index contributed by atoms with van der Waals surface area (Å²) >= 11 is 0. The Kier molecular flexibility index (Phi) is 13.5. The number of benzene rings is 10. The van der Waals surface area contributed by atoms with Gasteiger partial charge in [-0.05, 0) is 154 Å². The van der Waals surface area contributed by atoms with E-state index in [1.807, 2.05) is 60.7 Å². The van der Waals surface area contributed by atoms with E-state index in [9.17, 15) is 21.0 Å². The van der Waals surface area contributed by atoms with E-state index in [2.05, 4.69) is 264 Å². The lowest BCUT2D eigenvalue weighted by Crippen LogP contribution is -2.36. The van der Waals surface area contributed by atoms with Crippen LogP contribution in [0.4, 0.5) is 0 Å². The fourth-order valence-electron chi connectivity index (χ4n) is 14.6. The quantitative estimate of drug-likeness (QED) is 0.138. The topological polar surface area (TPSA) is 163 Å². The van der Waals surface area contributed by atoms with Gasteiger partial charge in [-0.3, -0.25) is 0 Å². The van der Waals surface area contributed by atoms with Crippen molar-refractivity contribution in [2.75, 3.05) is 0 Å². The minimum absolute atomic E-state index is 0.736. The molecule has 0 unspecified atom stereocenters. The number of nitriles is 5. The smallest absolute Gasteiger partial charge is 0.192 e. The Labute approximate surface area is 547 Å². The first kappa shape index (κ1) is 57.2. The fourth-order valence-corrected chi connectivity index (χ4v) is 14.6. The minimum Gasteiger partial charge on any atom is -0.192 e. The Hall–Kier alpha value is -13.0. The molecule has 0 saturated carbocycles. The van der Waals surface area contributed by atoms with Crippen molar-refractivity contribution in [3.63, 3.8) is 0 Å². The molecule has 5 aliphatic rings. The highest BCUT2D eigenvalue weighted by Crippen LogP contribution is 2.33. The summed E-state index contributed by atoms with van der Waals surface area (Å²) in [6, 6.07) is 73.2. The fraction of sp³-hybridized carbons (Fsp3) is 0.125. The van der Waals surface area contributed by atoms with Gasteiger partial charge in [0.2, 0.25) is 31.0 Å². The van der Waals surface area contributed by atoms with Crippen molar-refractivity contribution in [1.82, 2.24) is 23.4 Å². The lowest BCUT2D eigenvalue weighted by molar-refractivity contribution is -0.749. The van der Waals surface area contributed by atoms with Crippen LogP contribution in [0.25, 0.3) is 83.0 Å². The van der Waals surface area contributed by atoms with Crippen molar-refractivity contribution in [3.8, 4) is 58.8 Å². The zero-order chi connectivity index (χ0) is 64.9. The predicted octanol–water partition coefficient (Wildman–Crippen LogP) is 12.3. The standard InChI is InChI=1S/C17H14N3.3C16H12N3.C15H10N3/c1-11-6-14-9-19-10-15-13(8-18)4-3-5-16(15)20(19)17(14)7-12(11)2;1-11-4-2-6-13-9-18-10-14-12(8-17)5-3-7-15(14)19(18)16(11)13;1-11-5-6-15-13(7-11)9-18-10-14-12(8-17)3-2-4-16(14)19(15)18;1-11-5-6-13-9-18-10-14-12(8-17)3-2-4-15(14)19(18)16(13)7-11;16-8-11-5-3-7-15-13(11)10-17-9-12-4-1-2-6-14(12)18(15)17/h3-7,10H,9H2,1-2H3;3*2-7,10H,9H2,1H3;1-7,10H,9H2/q5*+1. The van der Waals surface area contributed by atoms with Gasteiger partial charge in [0.25, 0.3) is 0 Å². The molecule has 0 bridgehead atoms. The number of aromatic nitrogens is 10. The number of fused-ring (bicyclic) bond motifs is 25. The maximum absolute atomic E-state index is 9.23. The normalized spacial score (nSPS) is 12.2. The van der Waals surface area contributed by atoms with Gasteiger partial charge in [0, 0.05) is 27.8 Å². The predicted molar refractivity (Wildman–Crippen MR) is 360 cm³/mol. The highest BCUT2D eigenvalue weighted by molar-refractivity contribution is 5.89. The summed E-state index contributed by atoms with van der Waals surface area (Å²) in [6.45, 7) is 15.0. The van der Waals surface area contributed by atoms with Crippen LogP contribution >= 0.6 is 0 Å². The average Bonchev–Trinajstić information content (AvgIpc) is 1.65. The van der Waals surface area contributed by atoms with Gasteiger partial charge in [0.05, 0.1) is 54.7 Å². The SMILES string of the molecule is Cc1cc2c(cc1C)-n1c3cccc(C#N)c3c[n+]1C2.Cc1ccc2c(c1)-n1c3cccc(C#N)c3c[n+]1C2.Cc1ccc2c(c1)C[n+]1cc3c(C#N)cccc3n1-2.Cc1cccc2c1-n1c3cccc(C#N)c3c[n+]1C2.N#Cc1cccc2c1c[n+]1n2-c2ccccc2C1. The van der Waals surface area contributed by atoms with Gasteiger partial charge in [-0.15, -0.1) is 46.8 Å². The number of rotatable bonds is 0. The van der Waals surface area contributed by atoms with Crippen LogP contribution in [-0.4, -0.2) is 23.4 Å². The molecule has 10 aromatic carbocycles. The molecule has 15 nitrogen and oxygen atoms in total. The van der Waals surface area contributed by atoms with Crippen molar-refractivity contribution in [2.24, 2.45) is 0 Å². The number of aryl methyl sites for hydroxylation is 5. The second-order valence-electron chi connectivity index (χ2n) is 25.0. The maximum atomic E-state index is 9.23. The van der Waals surface area contributed by atoms with Gasteiger partial charge in [0.15, 0.2) is 32.7 Å². The molecule has 450 valence electrons. The molecule has 5 aromatic heterocycles. The van der Waals surface area contributed by atoms with Crippen LogP contribution in [0.2, 0.25) is 0 Å². The molecule has 20 rings (SSSR count). The first-order valence-corrected chi connectivity index (χ1v) is 31.6. The monoisotopic (exact) mass is 1230 g/mol. The van der Waals surface area contributed by atoms with Crippen LogP contribution in [0.3, 0.4) is 0 Å². The lowest BCUT2D eigenvalue weighted by Gasteiger charge is -2.03. The second-order valence-corrected chi connectivity index (χ2v) is 25.0. The molecule has 15 aromatic rings. The molecule has 0 atom stereocenters. The summed E-state index contributed by atoms with van der Waals surface area (Å²) in [7, 11) is 0. The molecular weight excluding hydrogens is 1170 g/mol. The number of para-hydroxylation sites is 2. The third-order valence-electron chi connectivity index (χ3n) is 19.1. The molecular formula is C80H60N15+5. The molecule has 15 heteroatoms. The molecule has 0 spiro atoms. The molecule has 10 heterocycles. The summed E-state index contributed by atoms with van der Waals surface area (Å²) in [5, 5.41) is 51.1. The highest BCUT2D eigenvalue weighted by atomic mass is 15.4. The first-order chi connectivity index (χ1) is 46.4. The number of hydrogen-bond acceptors (Lipinski definition) is 5.